The minimum Gasteiger partial charge on any atom is -0.351 e. The van der Waals surface area contributed by atoms with Gasteiger partial charge in [-0.1, -0.05) is 6.42 Å². The third-order valence-corrected chi connectivity index (χ3v) is 3.22. The molecular formula is C12H21N5OS. The lowest BCUT2D eigenvalue weighted by molar-refractivity contribution is 0.0948. The van der Waals surface area contributed by atoms with Gasteiger partial charge in [0.15, 0.2) is 0 Å². The van der Waals surface area contributed by atoms with Crippen molar-refractivity contribution in [2.45, 2.75) is 26.2 Å². The lowest BCUT2D eigenvalue weighted by Gasteiger charge is -2.06. The van der Waals surface area contributed by atoms with E-state index in [0.717, 1.165) is 12.8 Å². The fourth-order valence-electron chi connectivity index (χ4n) is 1.59. The van der Waals surface area contributed by atoms with E-state index in [1.807, 2.05) is 11.8 Å². The van der Waals surface area contributed by atoms with Crippen LogP contribution in [0.5, 0.6) is 0 Å². The van der Waals surface area contributed by atoms with Gasteiger partial charge < -0.3 is 5.32 Å². The third kappa shape index (κ3) is 5.89. The van der Waals surface area contributed by atoms with Crippen LogP contribution in [0.1, 0.15) is 35.4 Å². The zero-order valence-electron chi connectivity index (χ0n) is 11.4. The number of thioether (sulfide) groups is 1. The van der Waals surface area contributed by atoms with Gasteiger partial charge in [-0.3, -0.25) is 10.2 Å². The Bertz CT molecular complexity index is 413. The van der Waals surface area contributed by atoms with Gasteiger partial charge >= 0.3 is 0 Å². The average molecular weight is 283 g/mol. The predicted octanol–water partition coefficient (Wildman–Crippen LogP) is 1.33. The molecule has 1 heterocycles. The first-order chi connectivity index (χ1) is 9.17. The van der Waals surface area contributed by atoms with Crippen molar-refractivity contribution in [1.82, 2.24) is 15.3 Å². The number of nitrogens with two attached hydrogens (primary N) is 1. The Hall–Kier alpha value is -1.34. The van der Waals surface area contributed by atoms with Gasteiger partial charge in [0.05, 0.1) is 0 Å². The van der Waals surface area contributed by atoms with Gasteiger partial charge in [-0.25, -0.2) is 15.8 Å². The van der Waals surface area contributed by atoms with E-state index in [0.29, 0.717) is 17.9 Å². The van der Waals surface area contributed by atoms with Crippen LogP contribution >= 0.6 is 11.8 Å². The Morgan fingerprint density at radius 1 is 1.37 bits per heavy atom. The van der Waals surface area contributed by atoms with Crippen LogP contribution in [0.15, 0.2) is 6.07 Å². The molecule has 1 aromatic rings. The molecule has 7 heteroatoms. The first-order valence-electron chi connectivity index (χ1n) is 6.27. The molecule has 0 aliphatic carbocycles. The highest BCUT2D eigenvalue weighted by atomic mass is 32.2. The number of hydrazine groups is 1. The summed E-state index contributed by atoms with van der Waals surface area (Å²) in [5, 5.41) is 2.85. The van der Waals surface area contributed by atoms with Crippen LogP contribution in [-0.2, 0) is 0 Å². The molecule has 0 aliphatic rings. The summed E-state index contributed by atoms with van der Waals surface area (Å²) in [5.74, 6) is 6.49. The minimum atomic E-state index is -0.188. The summed E-state index contributed by atoms with van der Waals surface area (Å²) in [5.41, 5.74) is 3.39. The fraction of sp³-hybridized carbons (Fsp3) is 0.583. The van der Waals surface area contributed by atoms with Crippen LogP contribution in [0.4, 0.5) is 5.95 Å². The number of unbranched alkanes of at least 4 members (excludes halogenated alkanes) is 2. The Labute approximate surface area is 117 Å². The summed E-state index contributed by atoms with van der Waals surface area (Å²) < 4.78 is 0. The van der Waals surface area contributed by atoms with Crippen LogP contribution in [0, 0.1) is 6.92 Å². The topological polar surface area (TPSA) is 92.9 Å². The van der Waals surface area contributed by atoms with Gasteiger partial charge in [0.25, 0.3) is 5.91 Å². The number of nitrogens with zero attached hydrogens (tertiary/aromatic N) is 2. The maximum Gasteiger partial charge on any atom is 0.270 e. The van der Waals surface area contributed by atoms with Crippen LogP contribution < -0.4 is 16.6 Å². The van der Waals surface area contributed by atoms with E-state index >= 15 is 0 Å². The Morgan fingerprint density at radius 2 is 2.16 bits per heavy atom. The molecule has 0 saturated carbocycles. The number of carbonyl (C=O) groups excluding carboxylic acids is 1. The molecule has 0 radical (unpaired) electrons. The van der Waals surface area contributed by atoms with Gasteiger partial charge in [-0.15, -0.1) is 0 Å². The van der Waals surface area contributed by atoms with E-state index < -0.39 is 0 Å². The van der Waals surface area contributed by atoms with E-state index in [9.17, 15) is 4.79 Å². The van der Waals surface area contributed by atoms with Crippen molar-refractivity contribution >= 4 is 23.6 Å². The quantitative estimate of drug-likeness (QED) is 0.379. The Kier molecular flexibility index (Phi) is 7.20. The number of hydrogen-bond acceptors (Lipinski definition) is 6. The number of hydrogen-bond donors (Lipinski definition) is 3. The Morgan fingerprint density at radius 3 is 2.84 bits per heavy atom. The molecule has 19 heavy (non-hydrogen) atoms. The van der Waals surface area contributed by atoms with Crippen molar-refractivity contribution < 1.29 is 4.79 Å². The normalized spacial score (nSPS) is 10.3. The molecular weight excluding hydrogens is 262 g/mol. The second-order valence-electron chi connectivity index (χ2n) is 4.17. The van der Waals surface area contributed by atoms with E-state index in [1.54, 1.807) is 13.0 Å². The minimum absolute atomic E-state index is 0.188. The van der Waals surface area contributed by atoms with Gasteiger partial charge in [0.1, 0.15) is 5.69 Å². The number of aromatic nitrogens is 2. The van der Waals surface area contributed by atoms with Crippen molar-refractivity contribution in [3.05, 3.63) is 17.5 Å². The van der Waals surface area contributed by atoms with Gasteiger partial charge in [-0.2, -0.15) is 11.8 Å². The number of amides is 1. The van der Waals surface area contributed by atoms with Crippen molar-refractivity contribution in [3.63, 3.8) is 0 Å². The number of carbonyl (C=O) groups is 1. The van der Waals surface area contributed by atoms with Crippen LogP contribution in [0.25, 0.3) is 0 Å². The SMILES string of the molecule is CSCCCCCNC(=O)c1cc(C)nc(NN)n1. The fourth-order valence-corrected chi connectivity index (χ4v) is 2.08. The van der Waals surface area contributed by atoms with E-state index in [2.05, 4.69) is 27.0 Å². The highest BCUT2D eigenvalue weighted by Crippen LogP contribution is 2.04. The Balaban J connectivity index is 2.39. The molecule has 1 aromatic heterocycles. The maximum absolute atomic E-state index is 11.9. The second kappa shape index (κ2) is 8.71. The number of nitrogens with one attached hydrogen (secondary N) is 2. The smallest absolute Gasteiger partial charge is 0.270 e. The number of aryl methyl sites for hydroxylation is 1. The van der Waals surface area contributed by atoms with Gasteiger partial charge in [0.2, 0.25) is 5.95 Å². The zero-order valence-corrected chi connectivity index (χ0v) is 12.2. The standard InChI is InChI=1S/C12H21N5OS/c1-9-8-10(16-12(15-9)17-13)11(18)14-6-4-3-5-7-19-2/h8H,3-7,13H2,1-2H3,(H,14,18)(H,15,16,17). The van der Waals surface area contributed by atoms with Crippen molar-refractivity contribution in [3.8, 4) is 0 Å². The lowest BCUT2D eigenvalue weighted by Crippen LogP contribution is -2.26. The van der Waals surface area contributed by atoms with E-state index in [1.165, 1.54) is 12.2 Å². The predicted molar refractivity (Wildman–Crippen MR) is 79.1 cm³/mol. The number of rotatable bonds is 8. The van der Waals surface area contributed by atoms with Gasteiger partial charge in [0, 0.05) is 12.2 Å². The molecule has 0 atom stereocenters. The number of anilines is 1. The van der Waals surface area contributed by atoms with Gasteiger partial charge in [-0.05, 0) is 37.8 Å². The average Bonchev–Trinajstić information content (AvgIpc) is 2.41. The first-order valence-corrected chi connectivity index (χ1v) is 7.66. The number of nitrogen functional groups attached to an aromatic ring is 1. The van der Waals surface area contributed by atoms with E-state index in [-0.39, 0.29) is 11.9 Å². The molecule has 0 aromatic carbocycles. The maximum atomic E-state index is 11.9. The molecule has 0 fully saturated rings. The lowest BCUT2D eigenvalue weighted by atomic mass is 10.2. The molecule has 1 rings (SSSR count). The molecule has 4 N–H and O–H groups in total. The molecule has 0 bridgehead atoms. The molecule has 0 unspecified atom stereocenters. The summed E-state index contributed by atoms with van der Waals surface area (Å²) in [6.45, 7) is 2.46. The van der Waals surface area contributed by atoms with E-state index in [4.69, 9.17) is 5.84 Å². The summed E-state index contributed by atoms with van der Waals surface area (Å²) in [6, 6.07) is 1.64. The summed E-state index contributed by atoms with van der Waals surface area (Å²) >= 11 is 1.85. The third-order valence-electron chi connectivity index (χ3n) is 2.53. The molecule has 0 aliphatic heterocycles. The van der Waals surface area contributed by atoms with Crippen molar-refractivity contribution in [2.75, 3.05) is 24.0 Å². The summed E-state index contributed by atoms with van der Waals surface area (Å²) in [6.07, 6.45) is 5.39. The molecule has 1 amide bonds. The summed E-state index contributed by atoms with van der Waals surface area (Å²) in [7, 11) is 0. The first kappa shape index (κ1) is 15.7. The highest BCUT2D eigenvalue weighted by molar-refractivity contribution is 7.98. The molecule has 0 saturated heterocycles. The monoisotopic (exact) mass is 283 g/mol. The van der Waals surface area contributed by atoms with Crippen LogP contribution in [0.2, 0.25) is 0 Å². The van der Waals surface area contributed by atoms with Crippen molar-refractivity contribution in [1.29, 1.82) is 0 Å². The van der Waals surface area contributed by atoms with Crippen molar-refractivity contribution in [2.24, 2.45) is 5.84 Å². The van der Waals surface area contributed by atoms with Crippen LogP contribution in [-0.4, -0.2) is 34.4 Å². The largest absolute Gasteiger partial charge is 0.351 e. The zero-order chi connectivity index (χ0) is 14.1. The molecule has 0 spiro atoms. The second-order valence-corrected chi connectivity index (χ2v) is 5.16. The van der Waals surface area contributed by atoms with Crippen LogP contribution in [0.3, 0.4) is 0 Å². The molecule has 6 nitrogen and oxygen atoms in total. The molecule has 106 valence electrons. The highest BCUT2D eigenvalue weighted by Gasteiger charge is 2.09. The summed E-state index contributed by atoms with van der Waals surface area (Å²) in [4.78, 5) is 19.9.